The number of hydrogen-bond acceptors (Lipinski definition) is 7. The molecule has 1 saturated heterocycles. The van der Waals surface area contributed by atoms with Crippen LogP contribution < -0.4 is 10.6 Å². The predicted molar refractivity (Wildman–Crippen MR) is 94.2 cm³/mol. The molecule has 0 bridgehead atoms. The molecule has 0 amide bonds. The lowest BCUT2D eigenvalue weighted by Crippen LogP contribution is -2.34. The van der Waals surface area contributed by atoms with Crippen LogP contribution in [0.4, 0.5) is 25.1 Å². The molecule has 1 spiro atoms. The summed E-state index contributed by atoms with van der Waals surface area (Å²) in [6, 6.07) is -1.77. The Morgan fingerprint density at radius 3 is 2.26 bits per heavy atom. The van der Waals surface area contributed by atoms with E-state index in [2.05, 4.69) is 25.6 Å². The third-order valence-electron chi connectivity index (χ3n) is 4.37. The van der Waals surface area contributed by atoms with Crippen molar-refractivity contribution in [3.63, 3.8) is 0 Å². The van der Waals surface area contributed by atoms with Gasteiger partial charge < -0.3 is 20.1 Å². The normalized spacial score (nSPS) is 20.6. The van der Waals surface area contributed by atoms with E-state index in [1.807, 2.05) is 19.9 Å². The smallest absolute Gasteiger partial charge is 0.352 e. The molecule has 1 unspecified atom stereocenters. The summed E-state index contributed by atoms with van der Waals surface area (Å²) in [6.07, 6.45) is -0.531. The summed E-state index contributed by atoms with van der Waals surface area (Å²) >= 11 is 0. The Bertz CT molecular complexity index is 702. The van der Waals surface area contributed by atoms with Crippen LogP contribution >= 0.6 is 0 Å². The Morgan fingerprint density at radius 2 is 1.67 bits per heavy atom. The second kappa shape index (κ2) is 7.59. The van der Waals surface area contributed by atoms with Crippen LogP contribution in [0, 0.1) is 0 Å². The summed E-state index contributed by atoms with van der Waals surface area (Å²) in [5, 5.41) is 5.34. The second-order valence-corrected chi connectivity index (χ2v) is 7.07. The molecule has 0 radical (unpaired) electrons. The molecule has 1 aromatic heterocycles. The van der Waals surface area contributed by atoms with Crippen molar-refractivity contribution in [1.82, 2.24) is 15.0 Å². The van der Waals surface area contributed by atoms with E-state index in [1.54, 1.807) is 0 Å². The van der Waals surface area contributed by atoms with Gasteiger partial charge in [-0.2, -0.15) is 28.1 Å². The second-order valence-electron chi connectivity index (χ2n) is 7.07. The number of halogens is 3. The largest absolute Gasteiger partial charge is 0.408 e. The number of rotatable bonds is 5. The Balaban J connectivity index is 1.89. The van der Waals surface area contributed by atoms with Gasteiger partial charge in [0.15, 0.2) is 11.6 Å². The summed E-state index contributed by atoms with van der Waals surface area (Å²) in [6.45, 7) is 5.86. The van der Waals surface area contributed by atoms with Crippen LogP contribution in [0.5, 0.6) is 0 Å². The van der Waals surface area contributed by atoms with Gasteiger partial charge in [-0.1, -0.05) is 6.08 Å². The average Bonchev–Trinajstić information content (AvgIpc) is 3.00. The number of nitrogens with one attached hydrogen (secondary N) is 2. The van der Waals surface area contributed by atoms with Crippen LogP contribution in [0.1, 0.15) is 45.9 Å². The first kappa shape index (κ1) is 19.8. The molecule has 1 aromatic rings. The van der Waals surface area contributed by atoms with E-state index in [0.717, 1.165) is 25.3 Å². The zero-order valence-electron chi connectivity index (χ0n) is 15.6. The monoisotopic (exact) mass is 387 g/mol. The highest BCUT2D eigenvalue weighted by molar-refractivity contribution is 5.63. The standard InChI is InChI=1S/C17H24F3N5O2/c1-10(2)21-14-23-13(24-15(25-14)22-11(3)17(18,19)20)12-5-4-6-16(9-12)26-7-8-27-16/h5,10-11H,4,6-9H2,1-3H3,(H2,21,22,23,24,25). The maximum Gasteiger partial charge on any atom is 0.408 e. The lowest BCUT2D eigenvalue weighted by atomic mass is 9.93. The molecule has 10 heteroatoms. The van der Waals surface area contributed by atoms with Gasteiger partial charge >= 0.3 is 6.18 Å². The molecule has 1 atom stereocenters. The highest BCUT2D eigenvalue weighted by Gasteiger charge is 2.40. The van der Waals surface area contributed by atoms with Crippen LogP contribution in [-0.2, 0) is 9.47 Å². The number of anilines is 2. The maximum atomic E-state index is 12.9. The van der Waals surface area contributed by atoms with Crippen LogP contribution in [0.15, 0.2) is 6.08 Å². The highest BCUT2D eigenvalue weighted by Crippen LogP contribution is 2.39. The SMILES string of the molecule is CC(C)Nc1nc(NC(C)C(F)(F)F)nc(C2=CCCC3(C2)OCCO3)n1. The van der Waals surface area contributed by atoms with Gasteiger partial charge in [-0.05, 0) is 32.8 Å². The van der Waals surface area contributed by atoms with Crippen LogP contribution in [0.25, 0.3) is 5.57 Å². The summed E-state index contributed by atoms with van der Waals surface area (Å²) in [7, 11) is 0. The van der Waals surface area contributed by atoms with Crippen molar-refractivity contribution in [2.45, 2.75) is 64.1 Å². The number of allylic oxidation sites excluding steroid dienone is 1. The third kappa shape index (κ3) is 4.86. The van der Waals surface area contributed by atoms with E-state index in [1.165, 1.54) is 0 Å². The van der Waals surface area contributed by atoms with Gasteiger partial charge in [0.2, 0.25) is 11.9 Å². The fourth-order valence-corrected chi connectivity index (χ4v) is 3.01. The van der Waals surface area contributed by atoms with E-state index < -0.39 is 18.0 Å². The minimum absolute atomic E-state index is 0.0151. The van der Waals surface area contributed by atoms with Crippen LogP contribution in [-0.4, -0.2) is 52.2 Å². The summed E-state index contributed by atoms with van der Waals surface area (Å²) < 4.78 is 50.2. The molecule has 2 N–H and O–H groups in total. The summed E-state index contributed by atoms with van der Waals surface area (Å²) in [5.41, 5.74) is 0.778. The number of aromatic nitrogens is 3. The zero-order chi connectivity index (χ0) is 19.7. The molecule has 1 fully saturated rings. The van der Waals surface area contributed by atoms with E-state index in [0.29, 0.717) is 25.5 Å². The van der Waals surface area contributed by atoms with Gasteiger partial charge in [-0.15, -0.1) is 0 Å². The molecule has 1 aliphatic heterocycles. The minimum Gasteiger partial charge on any atom is -0.352 e. The van der Waals surface area contributed by atoms with E-state index in [9.17, 15) is 13.2 Å². The fraction of sp³-hybridized carbons (Fsp3) is 0.706. The molecular weight excluding hydrogens is 363 g/mol. The Kier molecular flexibility index (Phi) is 5.57. The topological polar surface area (TPSA) is 81.2 Å². The number of ether oxygens (including phenoxy) is 2. The van der Waals surface area contributed by atoms with E-state index >= 15 is 0 Å². The summed E-state index contributed by atoms with van der Waals surface area (Å²) in [5.74, 6) is -0.263. The maximum absolute atomic E-state index is 12.9. The quantitative estimate of drug-likeness (QED) is 0.802. The Labute approximate surface area is 155 Å². The minimum atomic E-state index is -4.40. The van der Waals surface area contributed by atoms with Crippen molar-refractivity contribution in [3.05, 3.63) is 11.9 Å². The van der Waals surface area contributed by atoms with Crippen molar-refractivity contribution < 1.29 is 22.6 Å². The third-order valence-corrected chi connectivity index (χ3v) is 4.37. The first-order valence-electron chi connectivity index (χ1n) is 9.00. The molecular formula is C17H24F3N5O2. The van der Waals surface area contributed by atoms with E-state index in [4.69, 9.17) is 9.47 Å². The molecule has 150 valence electrons. The van der Waals surface area contributed by atoms with Gasteiger partial charge in [-0.3, -0.25) is 0 Å². The molecule has 1 aliphatic carbocycles. The van der Waals surface area contributed by atoms with Crippen molar-refractivity contribution >= 4 is 17.5 Å². The molecule has 2 aliphatic rings. The number of hydrogen-bond donors (Lipinski definition) is 2. The molecule has 27 heavy (non-hydrogen) atoms. The van der Waals surface area contributed by atoms with Crippen molar-refractivity contribution in [2.75, 3.05) is 23.8 Å². The number of alkyl halides is 3. The zero-order valence-corrected chi connectivity index (χ0v) is 15.6. The Hall–Kier alpha value is -1.94. The van der Waals surface area contributed by atoms with Crippen molar-refractivity contribution in [2.24, 2.45) is 0 Å². The number of nitrogens with zero attached hydrogens (tertiary/aromatic N) is 3. The van der Waals surface area contributed by atoms with Gasteiger partial charge in [0, 0.05) is 18.9 Å². The molecule has 7 nitrogen and oxygen atoms in total. The van der Waals surface area contributed by atoms with Gasteiger partial charge in [0.25, 0.3) is 0 Å². The van der Waals surface area contributed by atoms with Crippen LogP contribution in [0.2, 0.25) is 0 Å². The average molecular weight is 387 g/mol. The first-order chi connectivity index (χ1) is 12.7. The van der Waals surface area contributed by atoms with E-state index in [-0.39, 0.29) is 17.9 Å². The molecule has 3 rings (SSSR count). The van der Waals surface area contributed by atoms with Crippen LogP contribution in [0.3, 0.4) is 0 Å². The highest BCUT2D eigenvalue weighted by atomic mass is 19.4. The summed E-state index contributed by atoms with van der Waals surface area (Å²) in [4.78, 5) is 12.7. The van der Waals surface area contributed by atoms with Crippen molar-refractivity contribution in [3.8, 4) is 0 Å². The molecule has 0 saturated carbocycles. The van der Waals surface area contributed by atoms with Crippen molar-refractivity contribution in [1.29, 1.82) is 0 Å². The molecule has 0 aromatic carbocycles. The lowest BCUT2D eigenvalue weighted by Gasteiger charge is -2.31. The molecule has 2 heterocycles. The predicted octanol–water partition coefficient (Wildman–Crippen LogP) is 3.37. The van der Waals surface area contributed by atoms with Gasteiger partial charge in [-0.25, -0.2) is 0 Å². The fourth-order valence-electron chi connectivity index (χ4n) is 3.01. The Morgan fingerprint density at radius 1 is 1.04 bits per heavy atom. The van der Waals surface area contributed by atoms with Gasteiger partial charge in [0.1, 0.15) is 6.04 Å². The lowest BCUT2D eigenvalue weighted by molar-refractivity contribution is -0.158. The first-order valence-corrected chi connectivity index (χ1v) is 9.00. The van der Waals surface area contributed by atoms with Gasteiger partial charge in [0.05, 0.1) is 13.2 Å².